The lowest BCUT2D eigenvalue weighted by atomic mass is 10.0. The number of rotatable bonds is 64. The van der Waals surface area contributed by atoms with Gasteiger partial charge in [0.1, 0.15) is 13.2 Å². The van der Waals surface area contributed by atoms with Crippen molar-refractivity contribution in [2.24, 2.45) is 0 Å². The Morgan fingerprint density at radius 1 is 0.256 bits per heavy atom. The molecule has 0 heterocycles. The number of unbranched alkanes of at least 4 members (excludes halogenated alkanes) is 37. The number of esters is 3. The molecule has 6 heteroatoms. The zero-order chi connectivity index (χ0) is 59.2. The first-order valence-corrected chi connectivity index (χ1v) is 35.2. The van der Waals surface area contributed by atoms with Crippen LogP contribution in [0.1, 0.15) is 348 Å². The van der Waals surface area contributed by atoms with Crippen LogP contribution in [-0.4, -0.2) is 37.2 Å². The van der Waals surface area contributed by atoms with Crippen LogP contribution < -0.4 is 0 Å². The molecule has 0 radical (unpaired) electrons. The molecule has 82 heavy (non-hydrogen) atoms. The van der Waals surface area contributed by atoms with E-state index in [1.54, 1.807) is 0 Å². The van der Waals surface area contributed by atoms with Crippen molar-refractivity contribution < 1.29 is 28.6 Å². The summed E-state index contributed by atoms with van der Waals surface area (Å²) in [5.41, 5.74) is 0. The Morgan fingerprint density at radius 3 is 0.744 bits per heavy atom. The highest BCUT2D eigenvalue weighted by molar-refractivity contribution is 5.71. The molecular weight excluding hydrogens is 1010 g/mol. The van der Waals surface area contributed by atoms with Crippen LogP contribution >= 0.6 is 0 Å². The molecule has 0 aromatic carbocycles. The summed E-state index contributed by atoms with van der Waals surface area (Å²) < 4.78 is 17.0. The first-order valence-electron chi connectivity index (χ1n) is 35.2. The van der Waals surface area contributed by atoms with Gasteiger partial charge >= 0.3 is 17.9 Å². The molecule has 0 fully saturated rings. The van der Waals surface area contributed by atoms with Gasteiger partial charge in [-0.1, -0.05) is 323 Å². The Balaban J connectivity index is 4.36. The minimum Gasteiger partial charge on any atom is -0.462 e. The maximum absolute atomic E-state index is 13.0. The second-order valence-corrected chi connectivity index (χ2v) is 23.4. The molecule has 0 aromatic heterocycles. The van der Waals surface area contributed by atoms with E-state index in [1.165, 1.54) is 199 Å². The van der Waals surface area contributed by atoms with Crippen molar-refractivity contribution in [3.05, 3.63) is 97.2 Å². The molecule has 0 bridgehead atoms. The molecule has 0 aromatic rings. The number of hydrogen-bond acceptors (Lipinski definition) is 6. The fourth-order valence-corrected chi connectivity index (χ4v) is 10.1. The highest BCUT2D eigenvalue weighted by Gasteiger charge is 2.19. The van der Waals surface area contributed by atoms with E-state index in [4.69, 9.17) is 14.2 Å². The van der Waals surface area contributed by atoms with Gasteiger partial charge in [0.05, 0.1) is 0 Å². The summed E-state index contributed by atoms with van der Waals surface area (Å²) >= 11 is 0. The number of ether oxygens (including phenoxy) is 3. The molecule has 0 N–H and O–H groups in total. The van der Waals surface area contributed by atoms with Gasteiger partial charge in [-0.15, -0.1) is 0 Å². The molecule has 0 aliphatic rings. The Morgan fingerprint density at radius 2 is 0.476 bits per heavy atom. The number of carbonyl (C=O) groups is 3. The maximum Gasteiger partial charge on any atom is 0.306 e. The van der Waals surface area contributed by atoms with Gasteiger partial charge in [-0.2, -0.15) is 0 Å². The van der Waals surface area contributed by atoms with Gasteiger partial charge in [-0.25, -0.2) is 0 Å². The normalized spacial score (nSPS) is 12.7. The summed E-state index contributed by atoms with van der Waals surface area (Å²) in [7, 11) is 0. The molecule has 0 saturated heterocycles. The van der Waals surface area contributed by atoms with Crippen LogP contribution in [0, 0.1) is 0 Å². The van der Waals surface area contributed by atoms with Gasteiger partial charge < -0.3 is 14.2 Å². The van der Waals surface area contributed by atoms with E-state index in [9.17, 15) is 14.4 Å². The van der Waals surface area contributed by atoms with Gasteiger partial charge in [-0.3, -0.25) is 14.4 Å². The number of allylic oxidation sites excluding steroid dienone is 16. The average molecular weight is 1140 g/mol. The van der Waals surface area contributed by atoms with E-state index in [1.807, 2.05) is 0 Å². The summed E-state index contributed by atoms with van der Waals surface area (Å²) in [6.07, 6.45) is 94.2. The minimum absolute atomic E-state index is 0.0783. The van der Waals surface area contributed by atoms with Crippen molar-refractivity contribution >= 4 is 17.9 Å². The van der Waals surface area contributed by atoms with Crippen molar-refractivity contribution in [1.82, 2.24) is 0 Å². The summed E-state index contributed by atoms with van der Waals surface area (Å²) in [6.45, 7) is 6.55. The van der Waals surface area contributed by atoms with Crippen LogP contribution in [0.4, 0.5) is 0 Å². The fraction of sp³-hybridized carbons (Fsp3) is 0.750. The molecule has 1 unspecified atom stereocenters. The topological polar surface area (TPSA) is 78.9 Å². The predicted octanol–water partition coefficient (Wildman–Crippen LogP) is 24.4. The minimum atomic E-state index is -0.784. The molecule has 0 saturated carbocycles. The van der Waals surface area contributed by atoms with E-state index in [0.717, 1.165) is 109 Å². The predicted molar refractivity (Wildman–Crippen MR) is 357 cm³/mol. The smallest absolute Gasteiger partial charge is 0.306 e. The van der Waals surface area contributed by atoms with Gasteiger partial charge in [0.15, 0.2) is 6.10 Å². The van der Waals surface area contributed by atoms with E-state index >= 15 is 0 Å². The third-order valence-electron chi connectivity index (χ3n) is 15.3. The second kappa shape index (κ2) is 69.8. The van der Waals surface area contributed by atoms with Crippen molar-refractivity contribution in [2.45, 2.75) is 354 Å². The Labute approximate surface area is 508 Å². The number of hydrogen-bond donors (Lipinski definition) is 0. The van der Waals surface area contributed by atoms with Crippen molar-refractivity contribution in [1.29, 1.82) is 0 Å². The third kappa shape index (κ3) is 67.1. The van der Waals surface area contributed by atoms with Gasteiger partial charge in [0.2, 0.25) is 0 Å². The molecule has 0 amide bonds. The first-order chi connectivity index (χ1) is 40.5. The summed E-state index contributed by atoms with van der Waals surface area (Å²) in [5.74, 6) is -0.873. The lowest BCUT2D eigenvalue weighted by molar-refractivity contribution is -0.167. The Kier molecular flexibility index (Phi) is 66.7. The SMILES string of the molecule is CC/C=C\C/C=C\C/C=C\C/C=C\C/C=C\C/C=C\CCCCCCCCCCC(=O)OCC(COC(=O)CCCCCCCCCCCCCCCCCC)OC(=O)CCCCCCCCCCC/C=C\C/C=C\CCCCCCC. The highest BCUT2D eigenvalue weighted by Crippen LogP contribution is 2.17. The van der Waals surface area contributed by atoms with Crippen molar-refractivity contribution in [3.8, 4) is 0 Å². The van der Waals surface area contributed by atoms with E-state index in [0.29, 0.717) is 19.3 Å². The van der Waals surface area contributed by atoms with Crippen LogP contribution in [-0.2, 0) is 28.6 Å². The average Bonchev–Trinajstić information content (AvgIpc) is 3.47. The standard InChI is InChI=1S/C76H132O6/c1-4-7-10-13-16-19-22-25-28-31-33-35-36-37-38-39-40-42-43-45-48-51-54-57-60-63-66-69-75(78)81-72-73(71-80-74(77)68-65-62-59-56-53-50-47-30-27-24-21-18-15-12-9-6-3)82-76(79)70-67-64-61-58-55-52-49-46-44-41-34-32-29-26-23-20-17-14-11-8-5-2/h7,10,16,19,23,25-26,28,32-35,37-38,40,42,73H,4-6,8-9,11-15,17-18,20-22,24,27,29-31,36,39,41,43-72H2,1-3H3/b10-7-,19-16-,26-23-,28-25-,34-32-,35-33-,38-37-,42-40-. The molecule has 0 aliphatic heterocycles. The van der Waals surface area contributed by atoms with Crippen molar-refractivity contribution in [2.75, 3.05) is 13.2 Å². The maximum atomic E-state index is 13.0. The third-order valence-corrected chi connectivity index (χ3v) is 15.3. The first kappa shape index (κ1) is 78.3. The van der Waals surface area contributed by atoms with Gasteiger partial charge in [-0.05, 0) is 103 Å². The lowest BCUT2D eigenvalue weighted by Crippen LogP contribution is -2.30. The van der Waals surface area contributed by atoms with Crippen LogP contribution in [0.25, 0.3) is 0 Å². The van der Waals surface area contributed by atoms with E-state index < -0.39 is 6.10 Å². The molecule has 1 atom stereocenters. The summed E-state index contributed by atoms with van der Waals surface area (Å²) in [5, 5.41) is 0. The van der Waals surface area contributed by atoms with Gasteiger partial charge in [0.25, 0.3) is 0 Å². The Hall–Kier alpha value is -3.67. The zero-order valence-electron chi connectivity index (χ0n) is 54.2. The lowest BCUT2D eigenvalue weighted by Gasteiger charge is -2.18. The highest BCUT2D eigenvalue weighted by atomic mass is 16.6. The van der Waals surface area contributed by atoms with Crippen molar-refractivity contribution in [3.63, 3.8) is 0 Å². The molecule has 0 spiro atoms. The van der Waals surface area contributed by atoms with Crippen LogP contribution in [0.15, 0.2) is 97.2 Å². The van der Waals surface area contributed by atoms with Crippen LogP contribution in [0.5, 0.6) is 0 Å². The monoisotopic (exact) mass is 1140 g/mol. The molecule has 472 valence electrons. The quantitative estimate of drug-likeness (QED) is 0.0261. The largest absolute Gasteiger partial charge is 0.462 e. The van der Waals surface area contributed by atoms with E-state index in [2.05, 4.69) is 118 Å². The molecule has 6 nitrogen and oxygen atoms in total. The number of carbonyl (C=O) groups excluding carboxylic acids is 3. The molecular formula is C76H132O6. The fourth-order valence-electron chi connectivity index (χ4n) is 10.1. The molecule has 0 rings (SSSR count). The van der Waals surface area contributed by atoms with Crippen LogP contribution in [0.3, 0.4) is 0 Å². The molecule has 0 aliphatic carbocycles. The van der Waals surface area contributed by atoms with E-state index in [-0.39, 0.29) is 31.1 Å². The van der Waals surface area contributed by atoms with Crippen LogP contribution in [0.2, 0.25) is 0 Å². The second-order valence-electron chi connectivity index (χ2n) is 23.4. The van der Waals surface area contributed by atoms with Gasteiger partial charge in [0, 0.05) is 19.3 Å². The zero-order valence-corrected chi connectivity index (χ0v) is 54.2. The summed E-state index contributed by atoms with van der Waals surface area (Å²) in [4.78, 5) is 38.5. The summed E-state index contributed by atoms with van der Waals surface area (Å²) in [6, 6.07) is 0. The Bertz CT molecular complexity index is 1590.